The summed E-state index contributed by atoms with van der Waals surface area (Å²) in [4.78, 5) is 24.2. The number of rotatable bonds is 2. The van der Waals surface area contributed by atoms with E-state index in [4.69, 9.17) is 9.47 Å². The van der Waals surface area contributed by atoms with Gasteiger partial charge in [0, 0.05) is 18.4 Å². The third kappa shape index (κ3) is 5.48. The number of phenolic OH excluding ortho intramolecular Hbond substituents is 1. The standard InChI is InChI=1S/C20H24O5/c1-3-24-17-11-15-7-5-4-6-8-16(21)10-9-14(2)13-25-20(23)19(15)18(22)12-17/h5,7,9-12,14,22H,3-4,6,8,13H2,1-2H3/b7-5+,10-9-/t14-/m1/s1. The number of cyclic esters (lactones) is 1. The van der Waals surface area contributed by atoms with Crippen molar-refractivity contribution in [2.45, 2.75) is 33.1 Å². The number of ketones is 1. The molecule has 5 heteroatoms. The molecule has 2 rings (SSSR count). The van der Waals surface area contributed by atoms with Crippen LogP contribution in [0.25, 0.3) is 6.08 Å². The van der Waals surface area contributed by atoms with Crippen molar-refractivity contribution in [3.63, 3.8) is 0 Å². The second-order valence-corrected chi connectivity index (χ2v) is 6.04. The molecule has 1 N–H and O–H groups in total. The molecule has 5 nitrogen and oxygen atoms in total. The van der Waals surface area contributed by atoms with Crippen LogP contribution < -0.4 is 4.74 Å². The average Bonchev–Trinajstić information content (AvgIpc) is 2.57. The van der Waals surface area contributed by atoms with Gasteiger partial charge in [0.15, 0.2) is 5.78 Å². The van der Waals surface area contributed by atoms with Crippen LogP contribution in [0.4, 0.5) is 0 Å². The van der Waals surface area contributed by atoms with Gasteiger partial charge in [0.2, 0.25) is 0 Å². The molecule has 0 fully saturated rings. The molecule has 1 aromatic rings. The number of aromatic hydroxyl groups is 1. The Labute approximate surface area is 147 Å². The first-order chi connectivity index (χ1) is 12.0. The molecule has 0 spiro atoms. The number of hydrogen-bond acceptors (Lipinski definition) is 5. The van der Waals surface area contributed by atoms with E-state index in [0.717, 1.165) is 6.42 Å². The van der Waals surface area contributed by atoms with E-state index in [-0.39, 0.29) is 29.6 Å². The molecule has 1 atom stereocenters. The van der Waals surface area contributed by atoms with Gasteiger partial charge in [0.1, 0.15) is 17.1 Å². The Bertz CT molecular complexity index is 688. The molecule has 1 aliphatic rings. The highest BCUT2D eigenvalue weighted by Crippen LogP contribution is 2.30. The molecule has 0 bridgehead atoms. The maximum Gasteiger partial charge on any atom is 0.342 e. The van der Waals surface area contributed by atoms with E-state index < -0.39 is 5.97 Å². The van der Waals surface area contributed by atoms with Crippen LogP contribution in [0, 0.1) is 5.92 Å². The zero-order valence-electron chi connectivity index (χ0n) is 14.7. The smallest absolute Gasteiger partial charge is 0.342 e. The quantitative estimate of drug-likeness (QED) is 0.824. The summed E-state index contributed by atoms with van der Waals surface area (Å²) in [6.45, 7) is 4.30. The van der Waals surface area contributed by atoms with Gasteiger partial charge in [-0.25, -0.2) is 4.79 Å². The van der Waals surface area contributed by atoms with Crippen LogP contribution in [0.15, 0.2) is 30.4 Å². The van der Waals surface area contributed by atoms with Gasteiger partial charge in [-0.1, -0.05) is 25.2 Å². The molecule has 1 aromatic carbocycles. The SMILES string of the molecule is CCOc1cc(O)c2c(c1)/C=C/CCCC(=O)/C=C\[C@@H](C)COC2=O. The molecule has 0 radical (unpaired) electrons. The molecule has 0 aliphatic carbocycles. The van der Waals surface area contributed by atoms with Crippen LogP contribution in [0.5, 0.6) is 11.5 Å². The number of fused-ring (bicyclic) bond motifs is 1. The molecule has 0 saturated carbocycles. The van der Waals surface area contributed by atoms with E-state index >= 15 is 0 Å². The van der Waals surface area contributed by atoms with Crippen molar-refractivity contribution in [2.24, 2.45) is 5.92 Å². The van der Waals surface area contributed by atoms with E-state index in [9.17, 15) is 14.7 Å². The normalized spacial score (nSPS) is 21.6. The van der Waals surface area contributed by atoms with Gasteiger partial charge in [-0.05, 0) is 37.5 Å². The predicted octanol–water partition coefficient (Wildman–Crippen LogP) is 3.91. The number of phenols is 1. The van der Waals surface area contributed by atoms with Gasteiger partial charge < -0.3 is 14.6 Å². The molecule has 1 aliphatic heterocycles. The minimum absolute atomic E-state index is 0.0697. The van der Waals surface area contributed by atoms with Gasteiger partial charge in [-0.2, -0.15) is 0 Å². The minimum atomic E-state index is -0.594. The Hall–Kier alpha value is -2.56. The van der Waals surface area contributed by atoms with Crippen LogP contribution in [-0.2, 0) is 9.53 Å². The summed E-state index contributed by atoms with van der Waals surface area (Å²) in [5, 5.41) is 10.3. The van der Waals surface area contributed by atoms with Crippen molar-refractivity contribution in [3.05, 3.63) is 41.5 Å². The highest BCUT2D eigenvalue weighted by Gasteiger charge is 2.19. The first-order valence-electron chi connectivity index (χ1n) is 8.55. The van der Waals surface area contributed by atoms with Gasteiger partial charge in [0.25, 0.3) is 0 Å². The molecule has 0 unspecified atom stereocenters. The largest absolute Gasteiger partial charge is 0.507 e. The monoisotopic (exact) mass is 344 g/mol. The lowest BCUT2D eigenvalue weighted by molar-refractivity contribution is -0.114. The second kappa shape index (κ2) is 9.06. The van der Waals surface area contributed by atoms with Gasteiger partial charge in [-0.3, -0.25) is 4.79 Å². The number of carbonyl (C=O) groups is 2. The Morgan fingerprint density at radius 3 is 2.84 bits per heavy atom. The lowest BCUT2D eigenvalue weighted by atomic mass is 10.0. The molecule has 0 aromatic heterocycles. The fourth-order valence-electron chi connectivity index (χ4n) is 2.52. The number of ether oxygens (including phenoxy) is 2. The second-order valence-electron chi connectivity index (χ2n) is 6.04. The fraction of sp³-hybridized carbons (Fsp3) is 0.400. The summed E-state index contributed by atoms with van der Waals surface area (Å²) in [6.07, 6.45) is 8.84. The molecule has 134 valence electrons. The number of carbonyl (C=O) groups excluding carboxylic acids is 2. The van der Waals surface area contributed by atoms with E-state index in [1.54, 1.807) is 24.3 Å². The summed E-state index contributed by atoms with van der Waals surface area (Å²) in [5.41, 5.74) is 0.670. The molecule has 25 heavy (non-hydrogen) atoms. The Balaban J connectivity index is 2.36. The molecule has 1 heterocycles. The summed E-state index contributed by atoms with van der Waals surface area (Å²) in [5.74, 6) is -0.284. The van der Waals surface area contributed by atoms with Gasteiger partial charge in [-0.15, -0.1) is 0 Å². The lowest BCUT2D eigenvalue weighted by Crippen LogP contribution is -2.13. The summed E-state index contributed by atoms with van der Waals surface area (Å²) in [7, 11) is 0. The molecular weight excluding hydrogens is 320 g/mol. The molecular formula is C20H24O5. The van der Waals surface area contributed by atoms with Crippen molar-refractivity contribution in [2.75, 3.05) is 13.2 Å². The van der Waals surface area contributed by atoms with Crippen molar-refractivity contribution in [1.82, 2.24) is 0 Å². The van der Waals surface area contributed by atoms with E-state index in [2.05, 4.69) is 0 Å². The fourth-order valence-corrected chi connectivity index (χ4v) is 2.52. The van der Waals surface area contributed by atoms with Crippen LogP contribution in [-0.4, -0.2) is 30.1 Å². The zero-order valence-corrected chi connectivity index (χ0v) is 14.7. The lowest BCUT2D eigenvalue weighted by Gasteiger charge is -2.13. The van der Waals surface area contributed by atoms with Crippen molar-refractivity contribution < 1.29 is 24.2 Å². The highest BCUT2D eigenvalue weighted by atomic mass is 16.5. The first kappa shape index (κ1) is 18.8. The number of hydrogen-bond donors (Lipinski definition) is 1. The predicted molar refractivity (Wildman–Crippen MR) is 95.8 cm³/mol. The third-order valence-corrected chi connectivity index (χ3v) is 3.82. The Morgan fingerprint density at radius 1 is 1.28 bits per heavy atom. The maximum absolute atomic E-state index is 12.4. The number of allylic oxidation sites excluding steroid dienone is 2. The summed E-state index contributed by atoms with van der Waals surface area (Å²) >= 11 is 0. The maximum atomic E-state index is 12.4. The van der Waals surface area contributed by atoms with Gasteiger partial charge >= 0.3 is 5.97 Å². The van der Waals surface area contributed by atoms with E-state index in [0.29, 0.717) is 30.8 Å². The van der Waals surface area contributed by atoms with Crippen LogP contribution >= 0.6 is 0 Å². The van der Waals surface area contributed by atoms with E-state index in [1.807, 2.05) is 19.9 Å². The number of esters is 1. The summed E-state index contributed by atoms with van der Waals surface area (Å²) in [6, 6.07) is 3.12. The third-order valence-electron chi connectivity index (χ3n) is 3.82. The zero-order chi connectivity index (χ0) is 18.2. The van der Waals surface area contributed by atoms with E-state index in [1.165, 1.54) is 6.07 Å². The van der Waals surface area contributed by atoms with Gasteiger partial charge in [0.05, 0.1) is 13.2 Å². The molecule has 0 amide bonds. The average molecular weight is 344 g/mol. The minimum Gasteiger partial charge on any atom is -0.507 e. The Kier molecular flexibility index (Phi) is 6.81. The van der Waals surface area contributed by atoms with Crippen LogP contribution in [0.1, 0.15) is 49.0 Å². The highest BCUT2D eigenvalue weighted by molar-refractivity contribution is 5.97. The van der Waals surface area contributed by atoms with Crippen molar-refractivity contribution in [3.8, 4) is 11.5 Å². The van der Waals surface area contributed by atoms with Crippen LogP contribution in [0.2, 0.25) is 0 Å². The Morgan fingerprint density at radius 2 is 2.08 bits per heavy atom. The number of benzene rings is 1. The van der Waals surface area contributed by atoms with Crippen LogP contribution in [0.3, 0.4) is 0 Å². The molecule has 0 saturated heterocycles. The first-order valence-corrected chi connectivity index (χ1v) is 8.55. The van der Waals surface area contributed by atoms with Crippen molar-refractivity contribution in [1.29, 1.82) is 0 Å². The topological polar surface area (TPSA) is 72.8 Å². The summed E-state index contributed by atoms with van der Waals surface area (Å²) < 4.78 is 10.7. The van der Waals surface area contributed by atoms with Crippen molar-refractivity contribution >= 4 is 17.8 Å².